The highest BCUT2D eigenvalue weighted by Crippen LogP contribution is 2.15. The van der Waals surface area contributed by atoms with Crippen molar-refractivity contribution in [2.24, 2.45) is 7.05 Å². The fourth-order valence-electron chi connectivity index (χ4n) is 2.03. The molecular formula is C14H16N2O3. The molecule has 19 heavy (non-hydrogen) atoms. The fraction of sp³-hybridized carbons (Fsp3) is 0.286. The molecule has 0 bridgehead atoms. The third-order valence-electron chi connectivity index (χ3n) is 3.04. The number of carboxylic acids is 1. The Morgan fingerprint density at radius 3 is 2.63 bits per heavy atom. The molecule has 0 aliphatic rings. The van der Waals surface area contributed by atoms with Gasteiger partial charge in [-0.2, -0.15) is 0 Å². The molecule has 0 unspecified atom stereocenters. The van der Waals surface area contributed by atoms with Crippen molar-refractivity contribution in [3.05, 3.63) is 52.7 Å². The zero-order chi connectivity index (χ0) is 13.8. The number of benzene rings is 1. The van der Waals surface area contributed by atoms with Gasteiger partial charge in [-0.05, 0) is 24.5 Å². The largest absolute Gasteiger partial charge is 0.481 e. The van der Waals surface area contributed by atoms with Crippen LogP contribution >= 0.6 is 0 Å². The molecule has 0 aliphatic carbocycles. The van der Waals surface area contributed by atoms with E-state index in [1.807, 2.05) is 24.3 Å². The van der Waals surface area contributed by atoms with Crippen LogP contribution in [0.2, 0.25) is 0 Å². The number of aryl methyl sites for hydroxylation is 2. The van der Waals surface area contributed by atoms with Gasteiger partial charge in [0.05, 0.1) is 5.69 Å². The molecule has 5 heteroatoms. The van der Waals surface area contributed by atoms with Crippen LogP contribution in [0.5, 0.6) is 0 Å². The minimum Gasteiger partial charge on any atom is -0.481 e. The first kappa shape index (κ1) is 13.1. The van der Waals surface area contributed by atoms with E-state index in [1.165, 1.54) is 4.57 Å². The Bertz CT molecular complexity index is 640. The molecule has 5 nitrogen and oxygen atoms in total. The van der Waals surface area contributed by atoms with Crippen molar-refractivity contribution in [3.8, 4) is 5.69 Å². The molecule has 1 heterocycles. The molecule has 0 spiro atoms. The van der Waals surface area contributed by atoms with E-state index in [1.54, 1.807) is 24.0 Å². The predicted octanol–water partition coefficient (Wildman–Crippen LogP) is 1.58. The standard InChI is InChI=1S/C14H16N2O3/c1-15-9-10-16(14(15)19)12-7-3-2-5-11(12)6-4-8-13(17)18/h2-3,5,7,9-10H,4,6,8H2,1H3,(H,17,18). The average Bonchev–Trinajstić information content (AvgIpc) is 2.70. The molecule has 0 aliphatic heterocycles. The summed E-state index contributed by atoms with van der Waals surface area (Å²) in [5.41, 5.74) is 1.70. The van der Waals surface area contributed by atoms with Crippen LogP contribution in [0, 0.1) is 0 Å². The Kier molecular flexibility index (Phi) is 3.85. The molecule has 0 atom stereocenters. The Morgan fingerprint density at radius 1 is 1.26 bits per heavy atom. The molecule has 2 aromatic rings. The third-order valence-corrected chi connectivity index (χ3v) is 3.04. The van der Waals surface area contributed by atoms with Gasteiger partial charge in [-0.3, -0.25) is 9.36 Å². The number of imidazole rings is 1. The maximum atomic E-state index is 11.9. The number of nitrogens with zero attached hydrogens (tertiary/aromatic N) is 2. The van der Waals surface area contributed by atoms with Gasteiger partial charge in [0, 0.05) is 25.9 Å². The third kappa shape index (κ3) is 2.93. The van der Waals surface area contributed by atoms with Crippen LogP contribution in [0.25, 0.3) is 5.69 Å². The topological polar surface area (TPSA) is 64.2 Å². The lowest BCUT2D eigenvalue weighted by molar-refractivity contribution is -0.137. The van der Waals surface area contributed by atoms with Crippen LogP contribution in [0.3, 0.4) is 0 Å². The lowest BCUT2D eigenvalue weighted by Crippen LogP contribution is -2.21. The Labute approximate surface area is 110 Å². The van der Waals surface area contributed by atoms with E-state index in [2.05, 4.69) is 0 Å². The molecule has 0 radical (unpaired) electrons. The van der Waals surface area contributed by atoms with Gasteiger partial charge in [0.1, 0.15) is 0 Å². The van der Waals surface area contributed by atoms with Gasteiger partial charge in [0.15, 0.2) is 0 Å². The number of hydrogen-bond acceptors (Lipinski definition) is 2. The second-order valence-corrected chi connectivity index (χ2v) is 4.44. The van der Waals surface area contributed by atoms with E-state index in [0.717, 1.165) is 11.3 Å². The van der Waals surface area contributed by atoms with Gasteiger partial charge in [0.25, 0.3) is 0 Å². The lowest BCUT2D eigenvalue weighted by Gasteiger charge is -2.08. The van der Waals surface area contributed by atoms with Gasteiger partial charge in [-0.15, -0.1) is 0 Å². The summed E-state index contributed by atoms with van der Waals surface area (Å²) in [7, 11) is 1.70. The SMILES string of the molecule is Cn1ccn(-c2ccccc2CCCC(=O)O)c1=O. The number of para-hydroxylation sites is 1. The van der Waals surface area contributed by atoms with Crippen LogP contribution in [0.4, 0.5) is 0 Å². The highest BCUT2D eigenvalue weighted by Gasteiger charge is 2.08. The second kappa shape index (κ2) is 5.56. The molecule has 1 aromatic heterocycles. The Balaban J connectivity index is 2.28. The van der Waals surface area contributed by atoms with Gasteiger partial charge < -0.3 is 9.67 Å². The van der Waals surface area contributed by atoms with Gasteiger partial charge >= 0.3 is 11.7 Å². The second-order valence-electron chi connectivity index (χ2n) is 4.44. The number of carboxylic acid groups (broad SMARTS) is 1. The fourth-order valence-corrected chi connectivity index (χ4v) is 2.03. The summed E-state index contributed by atoms with van der Waals surface area (Å²) in [6.07, 6.45) is 4.77. The van der Waals surface area contributed by atoms with Crippen LogP contribution in [0.1, 0.15) is 18.4 Å². The minimum absolute atomic E-state index is 0.106. The molecule has 0 fully saturated rings. The first-order valence-corrected chi connectivity index (χ1v) is 6.13. The summed E-state index contributed by atoms with van der Waals surface area (Å²) in [6, 6.07) is 7.57. The van der Waals surface area contributed by atoms with Gasteiger partial charge in [-0.25, -0.2) is 4.79 Å². The molecule has 2 rings (SSSR count). The molecule has 0 saturated heterocycles. The number of hydrogen-bond donors (Lipinski definition) is 1. The van der Waals surface area contributed by atoms with Gasteiger partial charge in [0.2, 0.25) is 0 Å². The van der Waals surface area contributed by atoms with Crippen LogP contribution in [0.15, 0.2) is 41.5 Å². The Hall–Kier alpha value is -2.30. The summed E-state index contributed by atoms with van der Waals surface area (Å²) in [4.78, 5) is 22.5. The van der Waals surface area contributed by atoms with Crippen molar-refractivity contribution in [2.75, 3.05) is 0 Å². The van der Waals surface area contributed by atoms with E-state index in [4.69, 9.17) is 5.11 Å². The monoisotopic (exact) mass is 260 g/mol. The summed E-state index contributed by atoms with van der Waals surface area (Å²) in [5, 5.41) is 8.67. The zero-order valence-corrected chi connectivity index (χ0v) is 10.7. The van der Waals surface area contributed by atoms with E-state index in [9.17, 15) is 9.59 Å². The number of aliphatic carboxylic acids is 1. The molecule has 1 N–H and O–H groups in total. The zero-order valence-electron chi connectivity index (χ0n) is 10.7. The number of aromatic nitrogens is 2. The van der Waals surface area contributed by atoms with Crippen molar-refractivity contribution in [3.63, 3.8) is 0 Å². The maximum absolute atomic E-state index is 11.9. The highest BCUT2D eigenvalue weighted by molar-refractivity contribution is 5.66. The van der Waals surface area contributed by atoms with E-state index < -0.39 is 5.97 Å². The smallest absolute Gasteiger partial charge is 0.332 e. The molecule has 0 saturated carbocycles. The van der Waals surface area contributed by atoms with Crippen molar-refractivity contribution < 1.29 is 9.90 Å². The normalized spacial score (nSPS) is 10.6. The van der Waals surface area contributed by atoms with E-state index in [-0.39, 0.29) is 12.1 Å². The predicted molar refractivity (Wildman–Crippen MR) is 71.6 cm³/mol. The average molecular weight is 260 g/mol. The van der Waals surface area contributed by atoms with E-state index >= 15 is 0 Å². The van der Waals surface area contributed by atoms with Crippen LogP contribution in [-0.2, 0) is 18.3 Å². The number of carbonyl (C=O) groups is 1. The van der Waals surface area contributed by atoms with Crippen LogP contribution in [-0.4, -0.2) is 20.2 Å². The lowest BCUT2D eigenvalue weighted by atomic mass is 10.1. The minimum atomic E-state index is -0.797. The maximum Gasteiger partial charge on any atom is 0.332 e. The first-order valence-electron chi connectivity index (χ1n) is 6.13. The Morgan fingerprint density at radius 2 is 2.00 bits per heavy atom. The quantitative estimate of drug-likeness (QED) is 0.887. The first-order chi connectivity index (χ1) is 9.09. The van der Waals surface area contributed by atoms with Crippen molar-refractivity contribution in [2.45, 2.75) is 19.3 Å². The van der Waals surface area contributed by atoms with Crippen molar-refractivity contribution in [1.82, 2.24) is 9.13 Å². The molecule has 100 valence electrons. The summed E-state index contributed by atoms with van der Waals surface area (Å²) >= 11 is 0. The summed E-state index contributed by atoms with van der Waals surface area (Å²) in [5.74, 6) is -0.797. The van der Waals surface area contributed by atoms with Crippen LogP contribution < -0.4 is 5.69 Å². The molecular weight excluding hydrogens is 244 g/mol. The highest BCUT2D eigenvalue weighted by atomic mass is 16.4. The molecule has 1 aromatic carbocycles. The van der Waals surface area contributed by atoms with E-state index in [0.29, 0.717) is 12.8 Å². The summed E-state index contributed by atoms with van der Waals surface area (Å²) < 4.78 is 3.09. The van der Waals surface area contributed by atoms with Crippen molar-refractivity contribution >= 4 is 5.97 Å². The van der Waals surface area contributed by atoms with Crippen molar-refractivity contribution in [1.29, 1.82) is 0 Å². The number of rotatable bonds is 5. The molecule has 0 amide bonds. The van der Waals surface area contributed by atoms with Gasteiger partial charge in [-0.1, -0.05) is 18.2 Å². The summed E-state index contributed by atoms with van der Waals surface area (Å²) in [6.45, 7) is 0.